The molecule has 4 heteroatoms. The quantitative estimate of drug-likeness (QED) is 0.173. The Morgan fingerprint density at radius 1 is 0.377 bits per heavy atom. The zero-order valence-corrected chi connectivity index (χ0v) is 28.6. The van der Waals surface area contributed by atoms with Gasteiger partial charge in [0.05, 0.1) is 15.1 Å². The summed E-state index contributed by atoms with van der Waals surface area (Å²) in [5.41, 5.74) is 4.33. The molecule has 0 bridgehead atoms. The van der Waals surface area contributed by atoms with E-state index in [1.165, 1.54) is 0 Å². The predicted molar refractivity (Wildman–Crippen MR) is 223 cm³/mol. The fourth-order valence-corrected chi connectivity index (χ4v) is 7.46. The summed E-state index contributed by atoms with van der Waals surface area (Å²) in [7, 11) is 0. The van der Waals surface area contributed by atoms with Crippen molar-refractivity contribution in [3.63, 3.8) is 0 Å². The van der Waals surface area contributed by atoms with Crippen LogP contribution in [0.4, 0.5) is 0 Å². The summed E-state index contributed by atoms with van der Waals surface area (Å²) in [5.74, 6) is 0.489. The van der Waals surface area contributed by atoms with Crippen molar-refractivity contribution in [1.82, 2.24) is 15.0 Å². The van der Waals surface area contributed by atoms with Gasteiger partial charge in [-0.3, -0.25) is 0 Å². The van der Waals surface area contributed by atoms with Crippen LogP contribution in [0.2, 0.25) is 0 Å². The average molecular weight is 705 g/mol. The fraction of sp³-hybridized carbons (Fsp3) is 0. The van der Waals surface area contributed by atoms with E-state index >= 15 is 0 Å². The molecule has 2 aromatic heterocycles. The third-order valence-electron chi connectivity index (χ3n) is 9.07. The van der Waals surface area contributed by atoms with Crippen LogP contribution in [-0.4, -0.2) is 15.0 Å². The van der Waals surface area contributed by atoms with Gasteiger partial charge in [-0.05, 0) is 74.4 Å². The second-order valence-electron chi connectivity index (χ2n) is 12.4. The van der Waals surface area contributed by atoms with Crippen LogP contribution in [-0.2, 0) is 0 Å². The maximum atomic E-state index is 9.64. The highest BCUT2D eigenvalue weighted by molar-refractivity contribution is 7.25. The van der Waals surface area contributed by atoms with Crippen molar-refractivity contribution in [2.24, 2.45) is 0 Å². The third-order valence-corrected chi connectivity index (χ3v) is 10.1. The Kier molecular flexibility index (Phi) is 5.33. The molecule has 0 fully saturated rings. The molecule has 0 aliphatic rings. The van der Waals surface area contributed by atoms with Crippen molar-refractivity contribution in [3.8, 4) is 67.5 Å². The molecule has 2 heterocycles. The summed E-state index contributed by atoms with van der Waals surface area (Å²) in [5, 5.41) is 1.92. The first kappa shape index (κ1) is 21.6. The molecule has 0 aliphatic heterocycles. The van der Waals surface area contributed by atoms with Gasteiger partial charge in [-0.2, -0.15) is 0 Å². The lowest BCUT2D eigenvalue weighted by Gasteiger charge is -2.14. The number of rotatable bonds is 6. The molecule has 0 radical (unpaired) electrons. The Labute approximate surface area is 327 Å². The van der Waals surface area contributed by atoms with E-state index in [9.17, 15) is 5.48 Å². The number of hydrogen-bond donors (Lipinski definition) is 0. The lowest BCUT2D eigenvalue weighted by Crippen LogP contribution is -2.00. The second kappa shape index (κ2) is 13.1. The molecule has 0 amide bonds. The predicted octanol–water partition coefficient (Wildman–Crippen LogP) is 13.4. The summed E-state index contributed by atoms with van der Waals surface area (Å²) < 4.78 is 97.8. The van der Waals surface area contributed by atoms with E-state index in [-0.39, 0.29) is 54.8 Å². The van der Waals surface area contributed by atoms with Gasteiger partial charge in [0.1, 0.15) is 0 Å². The minimum atomic E-state index is -0.660. The largest absolute Gasteiger partial charge is 0.208 e. The summed E-state index contributed by atoms with van der Waals surface area (Å²) >= 11 is 0.910. The topological polar surface area (TPSA) is 38.7 Å². The van der Waals surface area contributed by atoms with Crippen LogP contribution in [0.5, 0.6) is 0 Å². The minimum absolute atomic E-state index is 0.00102. The van der Waals surface area contributed by atoms with Gasteiger partial charge in [-0.15, -0.1) is 11.3 Å². The van der Waals surface area contributed by atoms with Crippen LogP contribution >= 0.6 is 11.3 Å². The zero-order chi connectivity index (χ0) is 44.7. The molecule has 0 atom stereocenters. The Bertz CT molecular complexity index is 3550. The molecule has 0 saturated heterocycles. The standard InChI is InChI=1S/C49H31N3S/c1-4-12-32(13-5-1)37-24-27-45-44(29-37)42-26-23-40(31-46(42)53-45)49-51-47(38-21-20-33-14-10-11-19-36(33)28-38)50-48(52-49)39-22-25-41(34-15-6-2-7-16-34)43(30-39)35-17-8-3-9-18-35/h1-31H/i1D,4D,5D,12D,13D,23D,24D,26D,27D,29D,31D. The van der Waals surface area contributed by atoms with Gasteiger partial charge in [-0.25, -0.2) is 15.0 Å². The smallest absolute Gasteiger partial charge is 0.164 e. The third kappa shape index (κ3) is 5.85. The van der Waals surface area contributed by atoms with Crippen molar-refractivity contribution >= 4 is 42.3 Å². The van der Waals surface area contributed by atoms with Crippen LogP contribution in [0.25, 0.3) is 98.5 Å². The number of benzene rings is 8. The summed E-state index contributed by atoms with van der Waals surface area (Å²) in [4.78, 5) is 14.8. The minimum Gasteiger partial charge on any atom is -0.208 e. The first-order chi connectivity index (χ1) is 30.8. The van der Waals surface area contributed by atoms with Crippen molar-refractivity contribution < 1.29 is 15.1 Å². The van der Waals surface area contributed by atoms with E-state index in [1.807, 2.05) is 121 Å². The molecule has 0 N–H and O–H groups in total. The molecule has 10 rings (SSSR count). The van der Waals surface area contributed by atoms with Gasteiger partial charge in [0, 0.05) is 36.9 Å². The Balaban J connectivity index is 1.23. The molecular weight excluding hydrogens is 663 g/mol. The van der Waals surface area contributed by atoms with Gasteiger partial charge >= 0.3 is 0 Å². The monoisotopic (exact) mass is 704 g/mol. The van der Waals surface area contributed by atoms with E-state index in [1.54, 1.807) is 0 Å². The number of hydrogen-bond acceptors (Lipinski definition) is 4. The lowest BCUT2D eigenvalue weighted by atomic mass is 9.92. The van der Waals surface area contributed by atoms with Gasteiger partial charge < -0.3 is 0 Å². The van der Waals surface area contributed by atoms with E-state index in [4.69, 9.17) is 24.5 Å². The number of nitrogens with zero attached hydrogens (tertiary/aromatic N) is 3. The number of aromatic nitrogens is 3. The number of thiophene rings is 1. The SMILES string of the molecule is [2H]c1c([2H])c([2H])c(-c2c([2H])c([2H])c3sc4c([2H])c(-c5nc(-c6ccc(-c7ccccc7)c(-c7ccccc7)c6)nc(-c6ccc7ccccc7c6)n5)c([2H])c([2H])c4c3c2[2H])c([2H])c1[2H]. The molecule has 0 saturated carbocycles. The molecule has 248 valence electrons. The van der Waals surface area contributed by atoms with E-state index in [0.717, 1.165) is 44.4 Å². The van der Waals surface area contributed by atoms with Gasteiger partial charge in [0.25, 0.3) is 0 Å². The maximum Gasteiger partial charge on any atom is 0.164 e. The first-order valence-corrected chi connectivity index (χ1v) is 17.7. The van der Waals surface area contributed by atoms with Gasteiger partial charge in [0.2, 0.25) is 0 Å². The molecule has 0 unspecified atom stereocenters. The lowest BCUT2D eigenvalue weighted by molar-refractivity contribution is 1.08. The van der Waals surface area contributed by atoms with Gasteiger partial charge in [-0.1, -0.05) is 158 Å². The van der Waals surface area contributed by atoms with Gasteiger partial charge in [0.15, 0.2) is 17.5 Å². The maximum absolute atomic E-state index is 9.64. The van der Waals surface area contributed by atoms with Crippen molar-refractivity contribution in [2.75, 3.05) is 0 Å². The molecular formula is C49H31N3S. The first-order valence-electron chi connectivity index (χ1n) is 22.4. The van der Waals surface area contributed by atoms with E-state index < -0.39 is 66.0 Å². The fourth-order valence-electron chi connectivity index (χ4n) is 6.49. The van der Waals surface area contributed by atoms with Crippen LogP contribution in [0.1, 0.15) is 15.1 Å². The Morgan fingerprint density at radius 2 is 1.00 bits per heavy atom. The van der Waals surface area contributed by atoms with Crippen LogP contribution in [0.3, 0.4) is 0 Å². The molecule has 8 aromatic carbocycles. The summed E-state index contributed by atoms with van der Waals surface area (Å²) in [6, 6.07) is 33.9. The average Bonchev–Trinajstić information content (AvgIpc) is 3.74. The van der Waals surface area contributed by atoms with Crippen LogP contribution in [0.15, 0.2) is 188 Å². The summed E-state index contributed by atoms with van der Waals surface area (Å²) in [6.45, 7) is 0. The van der Waals surface area contributed by atoms with Crippen molar-refractivity contribution in [2.45, 2.75) is 0 Å². The normalized spacial score (nSPS) is 14.3. The van der Waals surface area contributed by atoms with Crippen LogP contribution in [0, 0.1) is 0 Å². The molecule has 53 heavy (non-hydrogen) atoms. The Hall–Kier alpha value is -6.75. The van der Waals surface area contributed by atoms with E-state index in [0.29, 0.717) is 11.1 Å². The van der Waals surface area contributed by atoms with Crippen LogP contribution < -0.4 is 0 Å². The summed E-state index contributed by atoms with van der Waals surface area (Å²) in [6.07, 6.45) is 0. The van der Waals surface area contributed by atoms with Crippen molar-refractivity contribution in [1.29, 1.82) is 0 Å². The molecule has 0 spiro atoms. The molecule has 10 aromatic rings. The Morgan fingerprint density at radius 3 is 1.75 bits per heavy atom. The highest BCUT2D eigenvalue weighted by Gasteiger charge is 2.17. The molecule has 3 nitrogen and oxygen atoms in total. The highest BCUT2D eigenvalue weighted by Crippen LogP contribution is 2.39. The highest BCUT2D eigenvalue weighted by atomic mass is 32.1. The molecule has 0 aliphatic carbocycles. The second-order valence-corrected chi connectivity index (χ2v) is 13.4. The zero-order valence-electron chi connectivity index (χ0n) is 38.8. The van der Waals surface area contributed by atoms with Crippen molar-refractivity contribution in [3.05, 3.63) is 188 Å². The van der Waals surface area contributed by atoms with E-state index in [2.05, 4.69) is 0 Å². The number of fused-ring (bicyclic) bond motifs is 4.